The molecule has 4 heteroatoms. The fraction of sp³-hybridized carbons (Fsp3) is 0.143. The predicted octanol–water partition coefficient (Wildman–Crippen LogP) is 4.62. The molecule has 0 bridgehead atoms. The van der Waals surface area contributed by atoms with Gasteiger partial charge in [0.2, 0.25) is 0 Å². The monoisotopic (exact) mass is 330 g/mol. The Morgan fingerprint density at radius 3 is 2.12 bits per heavy atom. The number of aromatic amines is 1. The SMILES string of the molecule is Cc1cnc(-c2ccccc2)[nH]1.Cc1nccn1Cc1ccccc1. The summed E-state index contributed by atoms with van der Waals surface area (Å²) in [4.78, 5) is 11.6. The summed E-state index contributed by atoms with van der Waals surface area (Å²) < 4.78 is 2.13. The number of imidazole rings is 2. The molecular weight excluding hydrogens is 308 g/mol. The first kappa shape index (κ1) is 16.7. The third-order valence-electron chi connectivity index (χ3n) is 3.87. The lowest BCUT2D eigenvalue weighted by Gasteiger charge is -2.03. The van der Waals surface area contributed by atoms with Crippen LogP contribution in [-0.4, -0.2) is 19.5 Å². The maximum atomic E-state index is 4.23. The summed E-state index contributed by atoms with van der Waals surface area (Å²) in [7, 11) is 0. The van der Waals surface area contributed by atoms with Gasteiger partial charge >= 0.3 is 0 Å². The minimum absolute atomic E-state index is 0.909. The molecule has 4 nitrogen and oxygen atoms in total. The summed E-state index contributed by atoms with van der Waals surface area (Å²) in [6, 6.07) is 20.5. The third-order valence-corrected chi connectivity index (χ3v) is 3.87. The van der Waals surface area contributed by atoms with E-state index in [0.29, 0.717) is 0 Å². The first-order valence-electron chi connectivity index (χ1n) is 8.31. The summed E-state index contributed by atoms with van der Waals surface area (Å²) in [5, 5.41) is 0. The fourth-order valence-corrected chi connectivity index (χ4v) is 2.51. The van der Waals surface area contributed by atoms with E-state index in [1.54, 1.807) is 0 Å². The first-order chi connectivity index (χ1) is 12.2. The van der Waals surface area contributed by atoms with Crippen molar-refractivity contribution in [2.24, 2.45) is 0 Å². The Hall–Kier alpha value is -3.14. The molecule has 0 aliphatic heterocycles. The molecule has 0 fully saturated rings. The van der Waals surface area contributed by atoms with Crippen LogP contribution < -0.4 is 0 Å². The van der Waals surface area contributed by atoms with Gasteiger partial charge in [0.1, 0.15) is 11.6 Å². The van der Waals surface area contributed by atoms with Crippen LogP contribution in [0, 0.1) is 13.8 Å². The molecule has 2 aromatic carbocycles. The molecule has 0 spiro atoms. The average molecular weight is 330 g/mol. The number of benzene rings is 2. The van der Waals surface area contributed by atoms with Gasteiger partial charge < -0.3 is 9.55 Å². The largest absolute Gasteiger partial charge is 0.342 e. The van der Waals surface area contributed by atoms with Crippen LogP contribution in [-0.2, 0) is 6.54 Å². The van der Waals surface area contributed by atoms with Gasteiger partial charge in [0.25, 0.3) is 0 Å². The highest BCUT2D eigenvalue weighted by Gasteiger charge is 1.98. The van der Waals surface area contributed by atoms with Crippen molar-refractivity contribution in [3.8, 4) is 11.4 Å². The van der Waals surface area contributed by atoms with Crippen molar-refractivity contribution in [1.82, 2.24) is 19.5 Å². The minimum Gasteiger partial charge on any atom is -0.342 e. The van der Waals surface area contributed by atoms with Crippen molar-refractivity contribution >= 4 is 0 Å². The lowest BCUT2D eigenvalue weighted by Crippen LogP contribution is -1.99. The number of hydrogen-bond acceptors (Lipinski definition) is 2. The Morgan fingerprint density at radius 2 is 1.56 bits per heavy atom. The van der Waals surface area contributed by atoms with Crippen molar-refractivity contribution in [2.75, 3.05) is 0 Å². The minimum atomic E-state index is 0.909. The van der Waals surface area contributed by atoms with Gasteiger partial charge in [0.15, 0.2) is 0 Å². The molecule has 0 saturated heterocycles. The van der Waals surface area contributed by atoms with Gasteiger partial charge in [-0.1, -0.05) is 60.7 Å². The van der Waals surface area contributed by atoms with Gasteiger partial charge in [-0.05, 0) is 19.4 Å². The van der Waals surface area contributed by atoms with Crippen LogP contribution in [0.1, 0.15) is 17.1 Å². The van der Waals surface area contributed by atoms with E-state index in [9.17, 15) is 0 Å². The molecule has 0 atom stereocenters. The van der Waals surface area contributed by atoms with E-state index in [1.807, 2.05) is 68.8 Å². The maximum absolute atomic E-state index is 4.23. The number of nitrogens with zero attached hydrogens (tertiary/aromatic N) is 3. The van der Waals surface area contributed by atoms with E-state index in [4.69, 9.17) is 0 Å². The van der Waals surface area contributed by atoms with Crippen LogP contribution in [0.3, 0.4) is 0 Å². The van der Waals surface area contributed by atoms with Crippen LogP contribution in [0.25, 0.3) is 11.4 Å². The molecular formula is C21H22N4. The molecule has 0 unspecified atom stereocenters. The predicted molar refractivity (Wildman–Crippen MR) is 101 cm³/mol. The zero-order valence-corrected chi connectivity index (χ0v) is 14.6. The summed E-state index contributed by atoms with van der Waals surface area (Å²) >= 11 is 0. The van der Waals surface area contributed by atoms with E-state index in [-0.39, 0.29) is 0 Å². The fourth-order valence-electron chi connectivity index (χ4n) is 2.51. The highest BCUT2D eigenvalue weighted by Crippen LogP contribution is 2.13. The third kappa shape index (κ3) is 4.67. The van der Waals surface area contributed by atoms with Gasteiger partial charge in [-0.3, -0.25) is 0 Å². The van der Waals surface area contributed by atoms with Gasteiger partial charge in [-0.25, -0.2) is 9.97 Å². The molecule has 4 aromatic rings. The molecule has 2 aromatic heterocycles. The normalized spacial score (nSPS) is 10.2. The number of rotatable bonds is 3. The lowest BCUT2D eigenvalue weighted by atomic mass is 10.2. The topological polar surface area (TPSA) is 46.5 Å². The molecule has 1 N–H and O–H groups in total. The quantitative estimate of drug-likeness (QED) is 0.595. The molecule has 0 radical (unpaired) electrons. The molecule has 0 aliphatic carbocycles. The Labute approximate surface area is 148 Å². The van der Waals surface area contributed by atoms with E-state index in [2.05, 4.69) is 43.8 Å². The Morgan fingerprint density at radius 1 is 0.880 bits per heavy atom. The van der Waals surface area contributed by atoms with Crippen molar-refractivity contribution < 1.29 is 0 Å². The van der Waals surface area contributed by atoms with Gasteiger partial charge in [0.05, 0.1) is 0 Å². The van der Waals surface area contributed by atoms with E-state index in [1.165, 1.54) is 5.56 Å². The van der Waals surface area contributed by atoms with Crippen molar-refractivity contribution in [3.63, 3.8) is 0 Å². The van der Waals surface area contributed by atoms with Crippen LogP contribution in [0.2, 0.25) is 0 Å². The average Bonchev–Trinajstić information content (AvgIpc) is 3.26. The second-order valence-electron chi connectivity index (χ2n) is 5.87. The summed E-state index contributed by atoms with van der Waals surface area (Å²) in [6.45, 7) is 4.93. The molecule has 0 aliphatic rings. The van der Waals surface area contributed by atoms with Crippen molar-refractivity contribution in [2.45, 2.75) is 20.4 Å². The highest BCUT2D eigenvalue weighted by atomic mass is 15.0. The van der Waals surface area contributed by atoms with E-state index < -0.39 is 0 Å². The zero-order valence-electron chi connectivity index (χ0n) is 14.6. The van der Waals surface area contributed by atoms with Crippen LogP contribution in [0.5, 0.6) is 0 Å². The van der Waals surface area contributed by atoms with Crippen LogP contribution in [0.4, 0.5) is 0 Å². The first-order valence-corrected chi connectivity index (χ1v) is 8.31. The Bertz CT molecular complexity index is 892. The van der Waals surface area contributed by atoms with Crippen LogP contribution >= 0.6 is 0 Å². The Balaban J connectivity index is 0.000000146. The molecule has 25 heavy (non-hydrogen) atoms. The number of aryl methyl sites for hydroxylation is 2. The number of hydrogen-bond donors (Lipinski definition) is 1. The summed E-state index contributed by atoms with van der Waals surface area (Å²) in [5.74, 6) is 2.00. The van der Waals surface area contributed by atoms with Crippen LogP contribution in [0.15, 0.2) is 79.3 Å². The molecule has 126 valence electrons. The Kier molecular flexibility index (Phi) is 5.42. The molecule has 0 amide bonds. The highest BCUT2D eigenvalue weighted by molar-refractivity contribution is 5.54. The lowest BCUT2D eigenvalue weighted by molar-refractivity contribution is 0.762. The summed E-state index contributed by atoms with van der Waals surface area (Å²) in [6.07, 6.45) is 5.67. The molecule has 2 heterocycles. The molecule has 0 saturated carbocycles. The van der Waals surface area contributed by atoms with Gasteiger partial charge in [-0.2, -0.15) is 0 Å². The number of H-pyrrole nitrogens is 1. The number of nitrogens with one attached hydrogen (secondary N) is 1. The van der Waals surface area contributed by atoms with Crippen molar-refractivity contribution in [3.05, 3.63) is 96.3 Å². The zero-order chi connectivity index (χ0) is 17.5. The van der Waals surface area contributed by atoms with Gasteiger partial charge in [0, 0.05) is 36.4 Å². The molecule has 4 rings (SSSR count). The van der Waals surface area contributed by atoms with Crippen molar-refractivity contribution in [1.29, 1.82) is 0 Å². The number of aromatic nitrogens is 4. The van der Waals surface area contributed by atoms with Gasteiger partial charge in [-0.15, -0.1) is 0 Å². The maximum Gasteiger partial charge on any atom is 0.137 e. The smallest absolute Gasteiger partial charge is 0.137 e. The summed E-state index contributed by atoms with van der Waals surface area (Å²) in [5.41, 5.74) is 3.53. The standard InChI is InChI=1S/C11H12N2.C10H10N2/c1-10-12-7-8-13(10)9-11-5-3-2-4-6-11;1-8-7-11-10(12-8)9-5-3-2-4-6-9/h2-8H,9H2,1H3;2-7H,1H3,(H,11,12). The van der Waals surface area contributed by atoms with E-state index >= 15 is 0 Å². The second-order valence-corrected chi connectivity index (χ2v) is 5.87. The van der Waals surface area contributed by atoms with E-state index in [0.717, 1.165) is 29.5 Å². The second kappa shape index (κ2) is 8.11.